The molecule has 16 N–H and O–H groups in total. The van der Waals surface area contributed by atoms with Gasteiger partial charge in [0.2, 0.25) is 81.8 Å². The first-order chi connectivity index (χ1) is 51.2. The Morgan fingerprint density at radius 2 is 1.00 bits per heavy atom. The van der Waals surface area contributed by atoms with Crippen LogP contribution in [0.4, 0.5) is 0 Å². The fourth-order valence-corrected chi connectivity index (χ4v) is 11.5. The van der Waals surface area contributed by atoms with E-state index in [0.29, 0.717) is 67.2 Å². The quantitative estimate of drug-likeness (QED) is 0.0168. The van der Waals surface area contributed by atoms with Crippen molar-refractivity contribution in [2.45, 2.75) is 74.9 Å². The molecule has 0 radical (unpaired) electrons. The minimum absolute atomic E-state index is 0.00571. The molecule has 0 fully saturated rings. The molecule has 3 rings (SSSR count). The molecule has 0 saturated carbocycles. The van der Waals surface area contributed by atoms with Gasteiger partial charge in [-0.2, -0.15) is 11.8 Å². The zero-order chi connectivity index (χ0) is 79.3. The second-order valence-electron chi connectivity index (χ2n) is 24.8. The lowest BCUT2D eigenvalue weighted by Gasteiger charge is -2.32. The summed E-state index contributed by atoms with van der Waals surface area (Å²) in [7, 11) is 1.47. The topological polar surface area (TPSA) is 528 Å². The maximum atomic E-state index is 15.0. The minimum Gasteiger partial charge on any atom is -0.454 e. The lowest BCUT2D eigenvalue weighted by atomic mass is 10.1. The Morgan fingerprint density at radius 3 is 1.48 bits per heavy atom. The number of guanidine groups is 1. The Hall–Kier alpha value is -8.58. The minimum atomic E-state index is -4.00. The lowest BCUT2D eigenvalue weighted by molar-refractivity contribution is -0.149. The van der Waals surface area contributed by atoms with Crippen molar-refractivity contribution in [1.29, 1.82) is 0 Å². The number of hydrogen-bond acceptors (Lipinski definition) is 25. The van der Waals surface area contributed by atoms with E-state index in [9.17, 15) is 61.5 Å². The third kappa shape index (κ3) is 35.8. The first-order valence-corrected chi connectivity index (χ1v) is 37.9. The van der Waals surface area contributed by atoms with Gasteiger partial charge in [-0.1, -0.05) is 18.2 Å². The Morgan fingerprint density at radius 1 is 0.542 bits per heavy atom. The van der Waals surface area contributed by atoms with E-state index in [1.54, 1.807) is 18.2 Å². The third-order valence-corrected chi connectivity index (χ3v) is 18.2. The van der Waals surface area contributed by atoms with Gasteiger partial charge in [-0.15, -0.1) is 0 Å². The first kappa shape index (κ1) is 92.6. The molecule has 0 saturated heterocycles. The van der Waals surface area contributed by atoms with E-state index >= 15 is 4.79 Å². The molecule has 0 aliphatic carbocycles. The number of nitrogens with zero attached hydrogens (tertiary/aromatic N) is 9. The highest BCUT2D eigenvalue weighted by molar-refractivity contribution is 7.98. The van der Waals surface area contributed by atoms with Crippen molar-refractivity contribution < 1.29 is 94.7 Å². The largest absolute Gasteiger partial charge is 0.454 e. The second kappa shape index (κ2) is 51.7. The molecule has 1 aliphatic heterocycles. The number of unbranched alkanes of at least 4 members (excludes halogenated alkanes) is 2. The van der Waals surface area contributed by atoms with E-state index < -0.39 is 146 Å². The number of methoxy groups -OCH3 is 4. The zero-order valence-electron chi connectivity index (χ0n) is 62.2. The molecule has 2 aromatic rings. The SMILES string of the molecule is COCCN(CC(=O)N[C@@H](CCCN=C(N)N)C(=O)N[C@@H](CCSC)C(N)=O)C(=O)CN(CCOC)C(=O)CN(CCOC)C(=O)CN(CCOC)C(=O)CN(Cc1ccc2c(c1)OCO2)C(=O)CN(CCCCN)C(=O)CN(CCO)C(=O)CN(CCc1ccc(S(N)(=O)=O)cc1)C(=O)CNCCCCN. The van der Waals surface area contributed by atoms with Crippen molar-refractivity contribution in [3.8, 4) is 11.5 Å². The van der Waals surface area contributed by atoms with Crippen molar-refractivity contribution in [3.63, 3.8) is 0 Å². The number of ether oxygens (including phenoxy) is 6. The van der Waals surface area contributed by atoms with E-state index in [0.717, 1.165) is 24.5 Å². The van der Waals surface area contributed by atoms with Crippen LogP contribution in [-0.2, 0) is 94.7 Å². The van der Waals surface area contributed by atoms with Crippen LogP contribution in [0.3, 0.4) is 0 Å². The fourth-order valence-electron chi connectivity index (χ4n) is 10.5. The Labute approximate surface area is 629 Å². The molecule has 2 aromatic carbocycles. The second-order valence-corrected chi connectivity index (χ2v) is 27.3. The highest BCUT2D eigenvalue weighted by atomic mass is 32.2. The predicted molar refractivity (Wildman–Crippen MR) is 396 cm³/mol. The van der Waals surface area contributed by atoms with Crippen molar-refractivity contribution in [3.05, 3.63) is 53.6 Å². The van der Waals surface area contributed by atoms with Gasteiger partial charge in [0, 0.05) is 87.3 Å². The van der Waals surface area contributed by atoms with Crippen LogP contribution >= 0.6 is 11.8 Å². The van der Waals surface area contributed by atoms with Crippen LogP contribution in [0, 0.1) is 0 Å². The molecule has 0 spiro atoms. The number of sulfonamides is 1. The number of aliphatic hydroxyl groups is 1. The summed E-state index contributed by atoms with van der Waals surface area (Å²) in [5.41, 5.74) is 29.2. The van der Waals surface area contributed by atoms with E-state index in [-0.39, 0.29) is 142 Å². The van der Waals surface area contributed by atoms with Crippen LogP contribution in [0.25, 0.3) is 0 Å². The number of nitrogens with two attached hydrogens (primary N) is 6. The lowest BCUT2D eigenvalue weighted by Crippen LogP contribution is -2.55. The van der Waals surface area contributed by atoms with Gasteiger partial charge in [-0.05, 0) is 118 Å². The average Bonchev–Trinajstić information content (AvgIpc) is 1.76. The monoisotopic (exact) mass is 1550 g/mol. The summed E-state index contributed by atoms with van der Waals surface area (Å²) in [4.78, 5) is 169. The molecule has 0 aromatic heterocycles. The number of carbonyl (C=O) groups is 11. The van der Waals surface area contributed by atoms with Crippen LogP contribution in [0.2, 0.25) is 0 Å². The Bertz CT molecular complexity index is 3290. The molecular weight excluding hydrogens is 1440 g/mol. The average molecular weight is 1550 g/mol. The van der Waals surface area contributed by atoms with Gasteiger partial charge < -0.3 is 117 Å². The van der Waals surface area contributed by atoms with Crippen LogP contribution < -0.4 is 59.2 Å². The van der Waals surface area contributed by atoms with E-state index in [1.165, 1.54) is 79.2 Å². The van der Waals surface area contributed by atoms with Gasteiger partial charge in [-0.3, -0.25) is 57.7 Å². The summed E-state index contributed by atoms with van der Waals surface area (Å²) in [6, 6.07) is 8.26. The number of aliphatic hydroxyl groups excluding tert-OH is 1. The number of primary amides is 1. The molecule has 107 heavy (non-hydrogen) atoms. The zero-order valence-corrected chi connectivity index (χ0v) is 63.8. The van der Waals surface area contributed by atoms with Crippen LogP contribution in [0.5, 0.6) is 11.5 Å². The fraction of sp³-hybridized carbons (Fsp3) is 0.642. The molecule has 602 valence electrons. The summed E-state index contributed by atoms with van der Waals surface area (Å²) >= 11 is 1.43. The molecular formula is C67H112N18O20S2. The number of hydrogen-bond donors (Lipinski definition) is 10. The molecule has 40 heteroatoms. The van der Waals surface area contributed by atoms with Crippen LogP contribution in [0.15, 0.2) is 52.4 Å². The maximum absolute atomic E-state index is 15.0. The van der Waals surface area contributed by atoms with Crippen molar-refractivity contribution >= 4 is 92.7 Å². The standard InChI is InChI=1S/C67H112N18O20S2/c1-100-32-27-81(40-56(87)76-53(11-10-23-75-67(71)72)66(97)77-52(65(70)96)19-36-106-5)60(91)43-82(28-33-101-2)61(92)44-83(29-34-102-3)62(93)45-84(30-35-103-4)63(94)47-85(39-50-14-17-54-55(37-50)105-48-104-54)64(95)46-78(24-9-7-21-69)58(89)42-80(26-31-86)59(90)41-79(57(88)38-74-22-8-6-20-68)25-18-49-12-15-51(16-13-49)107(73,98)99/h12-17,37,52-53,74,86H,6-11,18-36,38-48,68-69H2,1-5H3,(H2,70,96)(H,76,87)(H,77,97)(H4,71,72,75)(H2,73,98,99)/t52-,53-/m0/s1. The molecule has 1 heterocycles. The summed E-state index contributed by atoms with van der Waals surface area (Å²) in [6.07, 6.45) is 4.50. The molecule has 11 amide bonds. The van der Waals surface area contributed by atoms with Gasteiger partial charge in [0.1, 0.15) is 18.6 Å². The van der Waals surface area contributed by atoms with Gasteiger partial charge in [0.15, 0.2) is 17.5 Å². The molecule has 0 bridgehead atoms. The Balaban J connectivity index is 1.97. The first-order valence-electron chi connectivity index (χ1n) is 35.0. The van der Waals surface area contributed by atoms with Gasteiger partial charge >= 0.3 is 0 Å². The number of benzene rings is 2. The number of primary sulfonamides is 1. The van der Waals surface area contributed by atoms with E-state index in [4.69, 9.17) is 62.2 Å². The summed E-state index contributed by atoms with van der Waals surface area (Å²) in [5.74, 6) is -7.00. The van der Waals surface area contributed by atoms with Gasteiger partial charge in [0.25, 0.3) is 0 Å². The number of thioether (sulfide) groups is 1. The smallest absolute Gasteiger partial charge is 0.243 e. The summed E-state index contributed by atoms with van der Waals surface area (Å²) < 4.78 is 56.3. The van der Waals surface area contributed by atoms with Crippen LogP contribution in [0.1, 0.15) is 56.1 Å². The van der Waals surface area contributed by atoms with E-state index in [2.05, 4.69) is 20.9 Å². The highest BCUT2D eigenvalue weighted by Crippen LogP contribution is 2.33. The van der Waals surface area contributed by atoms with Crippen molar-refractivity contribution in [1.82, 2.24) is 55.1 Å². The molecule has 0 unspecified atom stereocenters. The third-order valence-electron chi connectivity index (χ3n) is 16.6. The number of rotatable bonds is 57. The maximum Gasteiger partial charge on any atom is 0.243 e. The Kier molecular flexibility index (Phi) is 44.7. The number of aliphatic imine (C=N–C) groups is 1. The number of fused-ring (bicyclic) bond motifs is 1. The number of nitrogens with one attached hydrogen (secondary N) is 3. The van der Waals surface area contributed by atoms with Crippen LogP contribution in [-0.4, -0.2) is 347 Å². The van der Waals surface area contributed by atoms with E-state index in [1.807, 2.05) is 6.26 Å². The van der Waals surface area contributed by atoms with Gasteiger partial charge in [-0.25, -0.2) is 13.6 Å². The molecule has 1 aliphatic rings. The summed E-state index contributed by atoms with van der Waals surface area (Å²) in [6.45, 7) is -6.64. The molecule has 2 atom stereocenters. The molecule has 38 nitrogen and oxygen atoms in total. The van der Waals surface area contributed by atoms with Crippen molar-refractivity contribution in [2.75, 3.05) is 211 Å². The van der Waals surface area contributed by atoms with Crippen molar-refractivity contribution in [2.24, 2.45) is 38.8 Å². The number of carbonyl (C=O) groups excluding carboxylic acids is 11. The highest BCUT2D eigenvalue weighted by Gasteiger charge is 2.33. The predicted octanol–water partition coefficient (Wildman–Crippen LogP) is -5.66. The summed E-state index contributed by atoms with van der Waals surface area (Å²) in [5, 5.41) is 23.8. The van der Waals surface area contributed by atoms with Gasteiger partial charge in [0.05, 0.1) is 90.3 Å². The number of amides is 11. The normalized spacial score (nSPS) is 12.1.